The average Bonchev–Trinajstić information content (AvgIpc) is 2.48. The van der Waals surface area contributed by atoms with E-state index in [1.807, 2.05) is 0 Å². The van der Waals surface area contributed by atoms with Crippen molar-refractivity contribution >= 4 is 64.0 Å². The van der Waals surface area contributed by atoms with Crippen LogP contribution in [-0.4, -0.2) is 11.0 Å². The number of hydrogen-bond acceptors (Lipinski definition) is 3. The zero-order valence-electron chi connectivity index (χ0n) is 9.46. The molecule has 0 radical (unpaired) electrons. The number of ether oxygens (including phenoxy) is 1. The van der Waals surface area contributed by atoms with E-state index in [-0.39, 0.29) is 36.4 Å². The highest BCUT2D eigenvalue weighted by molar-refractivity contribution is 6.55. The minimum atomic E-state index is -0.698. The summed E-state index contributed by atoms with van der Waals surface area (Å²) in [6.07, 6.45) is 2.86. The van der Waals surface area contributed by atoms with Gasteiger partial charge in [-0.1, -0.05) is 58.0 Å². The van der Waals surface area contributed by atoms with Crippen molar-refractivity contribution in [3.8, 4) is 5.75 Å². The van der Waals surface area contributed by atoms with Crippen LogP contribution in [0, 0.1) is 0 Å². The smallest absolute Gasteiger partial charge is 0.345 e. The Balaban J connectivity index is 2.43. The molecule has 2 aromatic rings. The van der Waals surface area contributed by atoms with E-state index < -0.39 is 5.97 Å². The first kappa shape index (κ1) is 15.7. The van der Waals surface area contributed by atoms with Crippen molar-refractivity contribution in [2.45, 2.75) is 0 Å². The minimum Gasteiger partial charge on any atom is -0.420 e. The Bertz CT molecular complexity index is 646. The molecule has 0 aliphatic carbocycles. The van der Waals surface area contributed by atoms with E-state index in [0.29, 0.717) is 0 Å². The Morgan fingerprint density at radius 1 is 0.950 bits per heavy atom. The number of carbonyl (C=O) groups excluding carboxylic acids is 1. The van der Waals surface area contributed by atoms with Gasteiger partial charge in [0, 0.05) is 12.4 Å². The van der Waals surface area contributed by atoms with E-state index in [1.165, 1.54) is 18.5 Å². The Morgan fingerprint density at radius 3 is 2.00 bits per heavy atom. The van der Waals surface area contributed by atoms with E-state index in [4.69, 9.17) is 62.7 Å². The molecule has 2 rings (SSSR count). The third-order valence-electron chi connectivity index (χ3n) is 2.26. The molecule has 1 heterocycles. The van der Waals surface area contributed by atoms with Gasteiger partial charge in [-0.3, -0.25) is 4.98 Å². The maximum absolute atomic E-state index is 11.9. The maximum Gasteiger partial charge on any atom is 0.345 e. The summed E-state index contributed by atoms with van der Waals surface area (Å²) < 4.78 is 5.11. The SMILES string of the molecule is O=C(Oc1c(Cl)c(Cl)c(Cl)c(Cl)c1Cl)c1cccnc1. The topological polar surface area (TPSA) is 39.2 Å². The van der Waals surface area contributed by atoms with Gasteiger partial charge >= 0.3 is 5.97 Å². The van der Waals surface area contributed by atoms with Crippen LogP contribution < -0.4 is 4.74 Å². The number of hydrogen-bond donors (Lipinski definition) is 0. The van der Waals surface area contributed by atoms with Gasteiger partial charge in [0.15, 0.2) is 5.75 Å². The molecule has 0 spiro atoms. The molecule has 0 bridgehead atoms. The van der Waals surface area contributed by atoms with Crippen molar-refractivity contribution < 1.29 is 9.53 Å². The van der Waals surface area contributed by atoms with Crippen LogP contribution in [-0.2, 0) is 0 Å². The van der Waals surface area contributed by atoms with Crippen LogP contribution in [0.1, 0.15) is 10.4 Å². The molecule has 0 atom stereocenters. The first-order valence-corrected chi connectivity index (χ1v) is 6.96. The molecule has 0 N–H and O–H groups in total. The Morgan fingerprint density at radius 2 is 1.50 bits per heavy atom. The number of nitrogens with zero attached hydrogens (tertiary/aromatic N) is 1. The van der Waals surface area contributed by atoms with Gasteiger partial charge < -0.3 is 4.74 Å². The number of esters is 1. The Labute approximate surface area is 139 Å². The van der Waals surface area contributed by atoms with Crippen LogP contribution in [0.5, 0.6) is 5.75 Å². The molecule has 8 heteroatoms. The standard InChI is InChI=1S/C12H4Cl5NO2/c13-6-7(14)9(16)11(10(17)8(6)15)20-12(19)5-2-1-3-18-4-5/h1-4H. The molecule has 0 saturated carbocycles. The molecular weight excluding hydrogens is 367 g/mol. The lowest BCUT2D eigenvalue weighted by Crippen LogP contribution is -2.09. The largest absolute Gasteiger partial charge is 0.420 e. The normalized spacial score (nSPS) is 10.4. The highest BCUT2D eigenvalue weighted by Crippen LogP contribution is 2.48. The van der Waals surface area contributed by atoms with Crippen LogP contribution in [0.2, 0.25) is 25.1 Å². The highest BCUT2D eigenvalue weighted by Gasteiger charge is 2.23. The molecule has 3 nitrogen and oxygen atoms in total. The molecule has 0 fully saturated rings. The van der Waals surface area contributed by atoms with Crippen LogP contribution in [0.3, 0.4) is 0 Å². The van der Waals surface area contributed by atoms with Gasteiger partial charge in [0.2, 0.25) is 0 Å². The zero-order valence-corrected chi connectivity index (χ0v) is 13.2. The van der Waals surface area contributed by atoms with Crippen molar-refractivity contribution in [1.82, 2.24) is 4.98 Å². The zero-order chi connectivity index (χ0) is 14.9. The number of benzene rings is 1. The molecule has 0 amide bonds. The van der Waals surface area contributed by atoms with Gasteiger partial charge in [0.25, 0.3) is 0 Å². The summed E-state index contributed by atoms with van der Waals surface area (Å²) >= 11 is 29.5. The van der Waals surface area contributed by atoms with E-state index in [1.54, 1.807) is 6.07 Å². The third-order valence-corrected chi connectivity index (χ3v) is 4.50. The van der Waals surface area contributed by atoms with Crippen molar-refractivity contribution in [1.29, 1.82) is 0 Å². The summed E-state index contributed by atoms with van der Waals surface area (Å²) in [5, 5.41) is -0.287. The molecule has 0 unspecified atom stereocenters. The van der Waals surface area contributed by atoms with Gasteiger partial charge in [0.05, 0.1) is 20.6 Å². The summed E-state index contributed by atoms with van der Waals surface area (Å²) in [6.45, 7) is 0. The van der Waals surface area contributed by atoms with Crippen molar-refractivity contribution in [2.75, 3.05) is 0 Å². The van der Waals surface area contributed by atoms with Gasteiger partial charge in [-0.05, 0) is 12.1 Å². The van der Waals surface area contributed by atoms with Crippen LogP contribution in [0.15, 0.2) is 24.5 Å². The van der Waals surface area contributed by atoms with E-state index >= 15 is 0 Å². The first-order chi connectivity index (χ1) is 9.43. The Hall–Kier alpha value is -0.710. The molecule has 1 aromatic carbocycles. The van der Waals surface area contributed by atoms with E-state index in [9.17, 15) is 4.79 Å². The lowest BCUT2D eigenvalue weighted by Gasteiger charge is -2.12. The fraction of sp³-hybridized carbons (Fsp3) is 0. The minimum absolute atomic E-state index is 0.00971. The summed E-state index contributed by atoms with van der Waals surface area (Å²) in [5.41, 5.74) is 0.224. The number of carbonyl (C=O) groups is 1. The summed E-state index contributed by atoms with van der Waals surface area (Å²) in [6, 6.07) is 3.11. The quantitative estimate of drug-likeness (QED) is 0.300. The number of rotatable bonds is 2. The summed E-state index contributed by atoms with van der Waals surface area (Å²) in [4.78, 5) is 15.7. The lowest BCUT2D eigenvalue weighted by molar-refractivity contribution is 0.0734. The van der Waals surface area contributed by atoms with Gasteiger partial charge in [-0.25, -0.2) is 4.79 Å². The molecule has 1 aromatic heterocycles. The van der Waals surface area contributed by atoms with Crippen LogP contribution >= 0.6 is 58.0 Å². The number of halogens is 5. The third kappa shape index (κ3) is 2.97. The van der Waals surface area contributed by atoms with E-state index in [2.05, 4.69) is 4.98 Å². The van der Waals surface area contributed by atoms with Crippen molar-refractivity contribution in [3.63, 3.8) is 0 Å². The molecule has 0 aliphatic rings. The average molecular weight is 371 g/mol. The maximum atomic E-state index is 11.9. The van der Waals surface area contributed by atoms with Gasteiger partial charge in [-0.2, -0.15) is 0 Å². The second-order valence-corrected chi connectivity index (χ2v) is 5.42. The first-order valence-electron chi connectivity index (χ1n) is 5.07. The van der Waals surface area contributed by atoms with Gasteiger partial charge in [-0.15, -0.1) is 0 Å². The Kier molecular flexibility index (Phi) is 4.99. The second kappa shape index (κ2) is 6.37. The fourth-order valence-electron chi connectivity index (χ4n) is 1.31. The van der Waals surface area contributed by atoms with Crippen LogP contribution in [0.4, 0.5) is 0 Å². The molecule has 0 aliphatic heterocycles. The molecular formula is C12H4Cl5NO2. The molecule has 20 heavy (non-hydrogen) atoms. The highest BCUT2D eigenvalue weighted by atomic mass is 35.5. The van der Waals surface area contributed by atoms with Crippen LogP contribution in [0.25, 0.3) is 0 Å². The predicted octanol–water partition coefficient (Wildman–Crippen LogP) is 5.57. The summed E-state index contributed by atoms with van der Waals surface area (Å²) in [5.74, 6) is -0.849. The molecule has 104 valence electrons. The van der Waals surface area contributed by atoms with E-state index in [0.717, 1.165) is 0 Å². The lowest BCUT2D eigenvalue weighted by atomic mass is 10.3. The monoisotopic (exact) mass is 369 g/mol. The molecule has 0 saturated heterocycles. The summed E-state index contributed by atoms with van der Waals surface area (Å²) in [7, 11) is 0. The number of pyridine rings is 1. The predicted molar refractivity (Wildman–Crippen MR) is 80.7 cm³/mol. The second-order valence-electron chi connectivity index (χ2n) is 3.53. The fourth-order valence-corrected chi connectivity index (χ4v) is 2.51. The van der Waals surface area contributed by atoms with Crippen molar-refractivity contribution in [3.05, 3.63) is 55.2 Å². The van der Waals surface area contributed by atoms with Gasteiger partial charge in [0.1, 0.15) is 10.0 Å². The number of aromatic nitrogens is 1. The van der Waals surface area contributed by atoms with Crippen molar-refractivity contribution in [2.24, 2.45) is 0 Å².